The van der Waals surface area contributed by atoms with E-state index in [9.17, 15) is 14.0 Å². The fourth-order valence-electron chi connectivity index (χ4n) is 4.84. The fourth-order valence-corrected chi connectivity index (χ4v) is 4.84. The van der Waals surface area contributed by atoms with Gasteiger partial charge in [0.15, 0.2) is 0 Å². The number of nitrogens with zero attached hydrogens (tertiary/aromatic N) is 3. The second kappa shape index (κ2) is 9.95. The van der Waals surface area contributed by atoms with Crippen molar-refractivity contribution in [1.29, 1.82) is 0 Å². The number of ether oxygens (including phenoxy) is 1. The summed E-state index contributed by atoms with van der Waals surface area (Å²) >= 11 is 0. The van der Waals surface area contributed by atoms with Gasteiger partial charge in [-0.15, -0.1) is 0 Å². The quantitative estimate of drug-likeness (QED) is 0.352. The Morgan fingerprint density at radius 1 is 1.18 bits per heavy atom. The van der Waals surface area contributed by atoms with Gasteiger partial charge in [-0.25, -0.2) is 9.37 Å². The minimum atomic E-state index is -0.539. The molecule has 3 aromatic rings. The summed E-state index contributed by atoms with van der Waals surface area (Å²) in [4.78, 5) is 31.4. The smallest absolute Gasteiger partial charge is 0.311 e. The highest BCUT2D eigenvalue weighted by Gasteiger charge is 2.29. The van der Waals surface area contributed by atoms with Crippen LogP contribution in [0.3, 0.4) is 0 Å². The average Bonchev–Trinajstić information content (AvgIpc) is 3.14. The van der Waals surface area contributed by atoms with Gasteiger partial charge < -0.3 is 14.2 Å². The Balaban J connectivity index is 1.47. The number of pyridine rings is 1. The molecule has 1 aliphatic heterocycles. The van der Waals surface area contributed by atoms with Crippen LogP contribution in [-0.2, 0) is 33.8 Å². The molecule has 0 fully saturated rings. The highest BCUT2D eigenvalue weighted by Crippen LogP contribution is 2.31. The van der Waals surface area contributed by atoms with E-state index in [1.54, 1.807) is 18.3 Å². The number of rotatable bonds is 8. The molecule has 180 valence electrons. The molecule has 7 heteroatoms. The molecule has 1 amide bonds. The van der Waals surface area contributed by atoms with Crippen molar-refractivity contribution in [3.05, 3.63) is 65.2 Å². The van der Waals surface area contributed by atoms with E-state index >= 15 is 0 Å². The molecule has 34 heavy (non-hydrogen) atoms. The van der Waals surface area contributed by atoms with Crippen LogP contribution in [0.15, 0.2) is 42.6 Å². The number of hydrogen-bond donors (Lipinski definition) is 0. The molecule has 0 saturated carbocycles. The van der Waals surface area contributed by atoms with E-state index in [0.29, 0.717) is 32.5 Å². The summed E-state index contributed by atoms with van der Waals surface area (Å²) in [5.41, 5.74) is 3.49. The molecule has 4 rings (SSSR count). The summed E-state index contributed by atoms with van der Waals surface area (Å²) in [6.45, 7) is 5.45. The van der Waals surface area contributed by atoms with E-state index < -0.39 is 5.41 Å². The van der Waals surface area contributed by atoms with Gasteiger partial charge in [-0.3, -0.25) is 9.59 Å². The molecule has 0 atom stereocenters. The SMILES string of the molecule is COC(=O)C(C)(C)CCCCC(=O)N1CCc2c(n(Cc3cccc(F)c3)c3ncccc23)C1. The van der Waals surface area contributed by atoms with Crippen molar-refractivity contribution in [2.45, 2.75) is 59.0 Å². The molecule has 1 aromatic carbocycles. The Bertz CT molecular complexity index is 1200. The minimum Gasteiger partial charge on any atom is -0.469 e. The van der Waals surface area contributed by atoms with Gasteiger partial charge in [0.25, 0.3) is 0 Å². The number of hydrogen-bond acceptors (Lipinski definition) is 4. The van der Waals surface area contributed by atoms with Gasteiger partial charge in [0.2, 0.25) is 5.91 Å². The molecule has 0 spiro atoms. The summed E-state index contributed by atoms with van der Waals surface area (Å²) in [6, 6.07) is 10.6. The molecule has 6 nitrogen and oxygen atoms in total. The predicted molar refractivity (Wildman–Crippen MR) is 129 cm³/mol. The van der Waals surface area contributed by atoms with Gasteiger partial charge >= 0.3 is 5.97 Å². The molecule has 0 aliphatic carbocycles. The van der Waals surface area contributed by atoms with Crippen molar-refractivity contribution in [3.63, 3.8) is 0 Å². The first-order valence-electron chi connectivity index (χ1n) is 11.9. The summed E-state index contributed by atoms with van der Waals surface area (Å²) in [5, 5.41) is 1.10. The number of amides is 1. The maximum Gasteiger partial charge on any atom is 0.311 e. The monoisotopic (exact) mass is 465 g/mol. The van der Waals surface area contributed by atoms with Crippen LogP contribution in [0.1, 0.15) is 56.4 Å². The third-order valence-electron chi connectivity index (χ3n) is 6.78. The predicted octanol–water partition coefficient (Wildman–Crippen LogP) is 4.87. The lowest BCUT2D eigenvalue weighted by molar-refractivity contribution is -0.151. The van der Waals surface area contributed by atoms with Crippen LogP contribution < -0.4 is 0 Å². The molecule has 0 unspecified atom stereocenters. The summed E-state index contributed by atoms with van der Waals surface area (Å²) < 4.78 is 20.8. The Hall–Kier alpha value is -3.22. The van der Waals surface area contributed by atoms with Crippen molar-refractivity contribution < 1.29 is 18.7 Å². The van der Waals surface area contributed by atoms with Crippen molar-refractivity contribution in [2.24, 2.45) is 5.41 Å². The summed E-state index contributed by atoms with van der Waals surface area (Å²) in [5.74, 6) is -0.359. The maximum absolute atomic E-state index is 13.8. The first-order chi connectivity index (χ1) is 16.3. The van der Waals surface area contributed by atoms with Crippen LogP contribution in [0.2, 0.25) is 0 Å². The van der Waals surface area contributed by atoms with Gasteiger partial charge in [0.05, 0.1) is 19.1 Å². The zero-order valence-corrected chi connectivity index (χ0v) is 20.1. The number of carbonyl (C=O) groups is 2. The largest absolute Gasteiger partial charge is 0.469 e. The minimum absolute atomic E-state index is 0.122. The lowest BCUT2D eigenvalue weighted by Gasteiger charge is -2.29. The Morgan fingerprint density at radius 3 is 2.76 bits per heavy atom. The third-order valence-corrected chi connectivity index (χ3v) is 6.78. The molecule has 0 radical (unpaired) electrons. The second-order valence-electron chi connectivity index (χ2n) is 9.66. The Morgan fingerprint density at radius 2 is 2.00 bits per heavy atom. The van der Waals surface area contributed by atoms with Gasteiger partial charge in [0.1, 0.15) is 11.5 Å². The van der Waals surface area contributed by atoms with E-state index in [4.69, 9.17) is 4.74 Å². The number of carbonyl (C=O) groups excluding carboxylic acids is 2. The van der Waals surface area contributed by atoms with Gasteiger partial charge in [0, 0.05) is 36.8 Å². The molecule has 2 aromatic heterocycles. The summed E-state index contributed by atoms with van der Waals surface area (Å²) in [6.07, 6.45) is 5.20. The number of esters is 1. The van der Waals surface area contributed by atoms with Gasteiger partial charge in [-0.05, 0) is 68.5 Å². The van der Waals surface area contributed by atoms with Crippen LogP contribution in [0.4, 0.5) is 4.39 Å². The normalized spacial score (nSPS) is 13.7. The lowest BCUT2D eigenvalue weighted by atomic mass is 9.87. The molecule has 0 saturated heterocycles. The first-order valence-corrected chi connectivity index (χ1v) is 11.9. The first kappa shape index (κ1) is 23.9. The maximum atomic E-state index is 13.8. The van der Waals surface area contributed by atoms with Crippen LogP contribution in [0.5, 0.6) is 0 Å². The topological polar surface area (TPSA) is 64.4 Å². The van der Waals surface area contributed by atoms with Crippen molar-refractivity contribution in [2.75, 3.05) is 13.7 Å². The number of unbranched alkanes of at least 4 members (excludes halogenated alkanes) is 1. The second-order valence-corrected chi connectivity index (χ2v) is 9.66. The number of halogens is 1. The molecule has 1 aliphatic rings. The summed E-state index contributed by atoms with van der Waals surface area (Å²) in [7, 11) is 1.40. The van der Waals surface area contributed by atoms with Crippen LogP contribution >= 0.6 is 0 Å². The van der Waals surface area contributed by atoms with Gasteiger partial charge in [-0.1, -0.05) is 18.6 Å². The number of benzene rings is 1. The molecular weight excluding hydrogens is 433 g/mol. The van der Waals surface area contributed by atoms with Crippen molar-refractivity contribution >= 4 is 22.9 Å². The van der Waals surface area contributed by atoms with E-state index in [2.05, 4.69) is 15.6 Å². The number of aromatic nitrogens is 2. The number of fused-ring (bicyclic) bond motifs is 3. The number of methoxy groups -OCH3 is 1. The molecular formula is C27H32FN3O3. The Labute approximate surface area is 199 Å². The third kappa shape index (κ3) is 4.98. The van der Waals surface area contributed by atoms with E-state index in [1.807, 2.05) is 30.9 Å². The van der Waals surface area contributed by atoms with E-state index in [0.717, 1.165) is 41.6 Å². The van der Waals surface area contributed by atoms with Crippen LogP contribution in [-0.4, -0.2) is 40.0 Å². The Kier molecular flexibility index (Phi) is 7.00. The van der Waals surface area contributed by atoms with E-state index in [1.165, 1.54) is 18.7 Å². The van der Waals surface area contributed by atoms with Crippen LogP contribution in [0.25, 0.3) is 11.0 Å². The fraction of sp³-hybridized carbons (Fsp3) is 0.444. The molecule has 0 N–H and O–H groups in total. The molecule has 0 bridgehead atoms. The zero-order chi connectivity index (χ0) is 24.3. The van der Waals surface area contributed by atoms with E-state index in [-0.39, 0.29) is 17.7 Å². The highest BCUT2D eigenvalue weighted by molar-refractivity contribution is 5.84. The van der Waals surface area contributed by atoms with Crippen molar-refractivity contribution in [3.8, 4) is 0 Å². The molecule has 3 heterocycles. The van der Waals surface area contributed by atoms with Gasteiger partial charge in [-0.2, -0.15) is 0 Å². The van der Waals surface area contributed by atoms with Crippen LogP contribution in [0, 0.1) is 11.2 Å². The average molecular weight is 466 g/mol. The standard InChI is InChI=1S/C27H32FN3O3/c1-27(2,26(33)34-3)13-5-4-11-24(32)30-15-12-21-22-10-7-14-29-25(22)31(23(21)18-30)17-19-8-6-9-20(28)16-19/h6-10,14,16H,4-5,11-13,15,17-18H2,1-3H3. The van der Waals surface area contributed by atoms with Crippen molar-refractivity contribution in [1.82, 2.24) is 14.5 Å². The highest BCUT2D eigenvalue weighted by atomic mass is 19.1. The lowest BCUT2D eigenvalue weighted by Crippen LogP contribution is -2.36. The zero-order valence-electron chi connectivity index (χ0n) is 20.1.